The van der Waals surface area contributed by atoms with Crippen LogP contribution < -0.4 is 20.7 Å². The van der Waals surface area contributed by atoms with E-state index in [1.54, 1.807) is 66.7 Å². The molecule has 3 amide bonds. The normalized spacial score (nSPS) is 11.7. The van der Waals surface area contributed by atoms with E-state index in [1.807, 2.05) is 60.7 Å². The lowest BCUT2D eigenvalue weighted by atomic mass is 10.1. The third-order valence-electron chi connectivity index (χ3n) is 7.38. The molecule has 0 aromatic heterocycles. The lowest BCUT2D eigenvalue weighted by molar-refractivity contribution is -0.116. The summed E-state index contributed by atoms with van der Waals surface area (Å²) in [6, 6.07) is 37.5. The molecule has 254 valence electrons. The monoisotopic (exact) mass is 723 g/mol. The third kappa shape index (κ3) is 10.2. The van der Waals surface area contributed by atoms with Gasteiger partial charge < -0.3 is 20.7 Å². The molecule has 1 unspecified atom stereocenters. The van der Waals surface area contributed by atoms with Gasteiger partial charge in [-0.05, 0) is 84.3 Å². The number of benzene rings is 5. The quantitative estimate of drug-likeness (QED) is 0.0602. The Morgan fingerprint density at radius 3 is 2.20 bits per heavy atom. The van der Waals surface area contributed by atoms with Crippen molar-refractivity contribution >= 4 is 70.1 Å². The summed E-state index contributed by atoms with van der Waals surface area (Å²) >= 11 is 14.0. The van der Waals surface area contributed by atoms with Crippen molar-refractivity contribution in [1.82, 2.24) is 5.32 Å². The number of carbonyl (C=O) groups excluding carboxylic acids is 3. The van der Waals surface area contributed by atoms with Crippen LogP contribution in [0.3, 0.4) is 0 Å². The summed E-state index contributed by atoms with van der Waals surface area (Å²) in [6.45, 7) is 2.75. The van der Waals surface area contributed by atoms with Crippen molar-refractivity contribution in [3.63, 3.8) is 0 Å². The van der Waals surface area contributed by atoms with Gasteiger partial charge in [-0.3, -0.25) is 14.4 Å². The first-order valence-electron chi connectivity index (χ1n) is 16.0. The first kappa shape index (κ1) is 36.3. The second-order valence-electron chi connectivity index (χ2n) is 11.1. The number of nitrogens with one attached hydrogen (secondary N) is 3. The summed E-state index contributed by atoms with van der Waals surface area (Å²) in [5, 5.41) is 8.57. The van der Waals surface area contributed by atoms with Crippen molar-refractivity contribution < 1.29 is 19.1 Å². The second-order valence-corrected chi connectivity index (χ2v) is 13.1. The predicted octanol–water partition coefficient (Wildman–Crippen LogP) is 10.1. The molecule has 50 heavy (non-hydrogen) atoms. The van der Waals surface area contributed by atoms with E-state index in [4.69, 9.17) is 27.9 Å². The van der Waals surface area contributed by atoms with E-state index >= 15 is 0 Å². The number of carbonyl (C=O) groups is 3. The zero-order valence-electron chi connectivity index (χ0n) is 27.2. The number of amides is 3. The van der Waals surface area contributed by atoms with E-state index in [-0.39, 0.29) is 16.6 Å². The molecule has 5 aromatic carbocycles. The molecule has 0 saturated carbocycles. The number of rotatable bonds is 14. The standard InChI is InChI=1S/C40H35Cl2N3O4S/c1-2-3-24-49-32-22-20-30(21-23-32)43-40(48)37(27-12-6-4-7-13-27)50-33-18-11-17-31(26-33)44-39(47)35(25-29-16-10-19-34(41)36(29)42)45-38(46)28-14-8-5-9-15-28/h4-23,25-26,37H,2-3,24H2,1H3,(H,43,48)(H,44,47)(H,45,46)/b35-25+. The molecule has 0 fully saturated rings. The van der Waals surface area contributed by atoms with E-state index < -0.39 is 17.1 Å². The lowest BCUT2D eigenvalue weighted by Crippen LogP contribution is -2.30. The van der Waals surface area contributed by atoms with Crippen LogP contribution in [0.25, 0.3) is 6.08 Å². The Labute approximate surface area is 306 Å². The summed E-state index contributed by atoms with van der Waals surface area (Å²) in [5.74, 6) is -0.503. The maximum atomic E-state index is 13.7. The van der Waals surface area contributed by atoms with Crippen LogP contribution in [0.5, 0.6) is 5.75 Å². The third-order valence-corrected chi connectivity index (χ3v) is 9.47. The van der Waals surface area contributed by atoms with E-state index in [2.05, 4.69) is 22.9 Å². The molecule has 0 aliphatic carbocycles. The number of hydrogen-bond donors (Lipinski definition) is 3. The van der Waals surface area contributed by atoms with Crippen LogP contribution in [0.4, 0.5) is 11.4 Å². The Hall–Kier alpha value is -5.02. The van der Waals surface area contributed by atoms with Crippen LogP contribution in [0.2, 0.25) is 10.0 Å². The molecule has 0 bridgehead atoms. The maximum Gasteiger partial charge on any atom is 0.272 e. The van der Waals surface area contributed by atoms with Crippen molar-refractivity contribution in [1.29, 1.82) is 0 Å². The summed E-state index contributed by atoms with van der Waals surface area (Å²) in [7, 11) is 0. The molecule has 0 radical (unpaired) electrons. The number of halogens is 2. The van der Waals surface area contributed by atoms with E-state index in [1.165, 1.54) is 17.8 Å². The Kier molecular flexibility index (Phi) is 13.1. The first-order valence-corrected chi connectivity index (χ1v) is 17.6. The van der Waals surface area contributed by atoms with Gasteiger partial charge in [0.05, 0.1) is 16.7 Å². The average molecular weight is 725 g/mol. The molecular weight excluding hydrogens is 689 g/mol. The minimum Gasteiger partial charge on any atom is -0.494 e. The van der Waals surface area contributed by atoms with Crippen LogP contribution >= 0.6 is 35.0 Å². The maximum absolute atomic E-state index is 13.7. The summed E-state index contributed by atoms with van der Waals surface area (Å²) < 4.78 is 5.75. The zero-order chi connectivity index (χ0) is 35.3. The SMILES string of the molecule is CCCCOc1ccc(NC(=O)C(Sc2cccc(NC(=O)/C(=C\c3cccc(Cl)c3Cl)NC(=O)c3ccccc3)c2)c2ccccc2)cc1. The highest BCUT2D eigenvalue weighted by Crippen LogP contribution is 2.37. The Morgan fingerprint density at radius 2 is 1.48 bits per heavy atom. The Balaban J connectivity index is 1.35. The molecule has 10 heteroatoms. The molecular formula is C40H35Cl2N3O4S. The largest absolute Gasteiger partial charge is 0.494 e. The summed E-state index contributed by atoms with van der Waals surface area (Å²) in [5.41, 5.74) is 2.72. The average Bonchev–Trinajstić information content (AvgIpc) is 3.13. The molecule has 5 rings (SSSR count). The fraction of sp³-hybridized carbons (Fsp3) is 0.125. The number of hydrogen-bond acceptors (Lipinski definition) is 5. The predicted molar refractivity (Wildman–Crippen MR) is 204 cm³/mol. The van der Waals surface area contributed by atoms with Crippen LogP contribution in [0, 0.1) is 0 Å². The molecule has 3 N–H and O–H groups in total. The number of anilines is 2. The van der Waals surface area contributed by atoms with Crippen molar-refractivity contribution in [2.75, 3.05) is 17.2 Å². The molecule has 5 aromatic rings. The molecule has 0 aliphatic heterocycles. The van der Waals surface area contributed by atoms with Crippen molar-refractivity contribution in [3.05, 3.63) is 160 Å². The van der Waals surface area contributed by atoms with Gasteiger partial charge in [0.1, 0.15) is 16.7 Å². The van der Waals surface area contributed by atoms with Crippen molar-refractivity contribution in [3.8, 4) is 5.75 Å². The smallest absolute Gasteiger partial charge is 0.272 e. The minimum absolute atomic E-state index is 0.0376. The van der Waals surface area contributed by atoms with Gasteiger partial charge in [-0.1, -0.05) is 103 Å². The van der Waals surface area contributed by atoms with E-state index in [0.29, 0.717) is 34.1 Å². The summed E-state index contributed by atoms with van der Waals surface area (Å²) in [6.07, 6.45) is 3.49. The molecule has 0 aliphatic rings. The van der Waals surface area contributed by atoms with Gasteiger partial charge in [0.2, 0.25) is 5.91 Å². The van der Waals surface area contributed by atoms with Gasteiger partial charge >= 0.3 is 0 Å². The molecule has 0 heterocycles. The van der Waals surface area contributed by atoms with Crippen LogP contribution in [0.1, 0.15) is 46.5 Å². The van der Waals surface area contributed by atoms with Gasteiger partial charge in [0.25, 0.3) is 11.8 Å². The highest BCUT2D eigenvalue weighted by atomic mass is 35.5. The molecule has 0 spiro atoms. The molecule has 7 nitrogen and oxygen atoms in total. The minimum atomic E-state index is -0.603. The Morgan fingerprint density at radius 1 is 0.780 bits per heavy atom. The van der Waals surface area contributed by atoms with Gasteiger partial charge in [0, 0.05) is 21.8 Å². The van der Waals surface area contributed by atoms with E-state index in [0.717, 1.165) is 29.1 Å². The lowest BCUT2D eigenvalue weighted by Gasteiger charge is -2.18. The van der Waals surface area contributed by atoms with Gasteiger partial charge in [-0.2, -0.15) is 0 Å². The van der Waals surface area contributed by atoms with E-state index in [9.17, 15) is 14.4 Å². The zero-order valence-corrected chi connectivity index (χ0v) is 29.5. The van der Waals surface area contributed by atoms with Crippen molar-refractivity contribution in [2.24, 2.45) is 0 Å². The van der Waals surface area contributed by atoms with Gasteiger partial charge in [0.15, 0.2) is 0 Å². The highest BCUT2D eigenvalue weighted by Gasteiger charge is 2.23. The molecule has 0 saturated heterocycles. The van der Waals surface area contributed by atoms with Gasteiger partial charge in [-0.25, -0.2) is 0 Å². The first-order chi connectivity index (χ1) is 24.3. The number of thioether (sulfide) groups is 1. The van der Waals surface area contributed by atoms with Crippen molar-refractivity contribution in [2.45, 2.75) is 29.9 Å². The number of unbranched alkanes of at least 4 members (excludes halogenated alkanes) is 1. The Bertz CT molecular complexity index is 1960. The fourth-order valence-electron chi connectivity index (χ4n) is 4.79. The van der Waals surface area contributed by atoms with Gasteiger partial charge in [-0.15, -0.1) is 11.8 Å². The van der Waals surface area contributed by atoms with Crippen LogP contribution in [-0.2, 0) is 9.59 Å². The molecule has 1 atom stereocenters. The second kappa shape index (κ2) is 18.1. The highest BCUT2D eigenvalue weighted by molar-refractivity contribution is 8.00. The summed E-state index contributed by atoms with van der Waals surface area (Å²) in [4.78, 5) is 41.2. The van der Waals surface area contributed by atoms with Crippen LogP contribution in [-0.4, -0.2) is 24.3 Å². The topological polar surface area (TPSA) is 96.5 Å². The number of ether oxygens (including phenoxy) is 1. The van der Waals surface area contributed by atoms with Crippen LogP contribution in [0.15, 0.2) is 138 Å². The fourth-order valence-corrected chi connectivity index (χ4v) is 6.23.